The molecule has 0 aliphatic heterocycles. The fourth-order valence-electron chi connectivity index (χ4n) is 1.18. The van der Waals surface area contributed by atoms with Crippen LogP contribution in [0.5, 0.6) is 0 Å². The van der Waals surface area contributed by atoms with Gasteiger partial charge in [0, 0.05) is 0 Å². The number of hydrogen-bond acceptors (Lipinski definition) is 0. The molecule has 0 nitrogen and oxygen atoms in total. The van der Waals surface area contributed by atoms with E-state index >= 15 is 0 Å². The Labute approximate surface area is 109 Å². The second-order valence-corrected chi connectivity index (χ2v) is 5.18. The summed E-state index contributed by atoms with van der Waals surface area (Å²) in [5.41, 5.74) is 1.10. The molecular weight excluding hydrogens is 308 g/mol. The molecule has 0 spiro atoms. The minimum absolute atomic E-state index is 0.414. The molecular formula is C15H16Te. The Bertz CT molecular complexity index is 398. The van der Waals surface area contributed by atoms with Gasteiger partial charge in [-0.3, -0.25) is 0 Å². The summed E-state index contributed by atoms with van der Waals surface area (Å²) < 4.78 is 6.42. The fourth-order valence-corrected chi connectivity index (χ4v) is 2.31. The number of benzene rings is 1. The Morgan fingerprint density at radius 1 is 1.06 bits per heavy atom. The zero-order valence-corrected chi connectivity index (χ0v) is 12.0. The summed E-state index contributed by atoms with van der Waals surface area (Å²) in [6, 6.07) is 10.1. The summed E-state index contributed by atoms with van der Waals surface area (Å²) in [6.45, 7) is 2.22. The Kier molecular flexibility index (Phi) is 7.72. The minimum atomic E-state index is -0.414. The van der Waals surface area contributed by atoms with Crippen LogP contribution < -0.4 is 0 Å². The first-order valence-electron chi connectivity index (χ1n) is 5.63. The van der Waals surface area contributed by atoms with Crippen molar-refractivity contribution in [3.63, 3.8) is 0 Å². The van der Waals surface area contributed by atoms with E-state index in [9.17, 15) is 0 Å². The van der Waals surface area contributed by atoms with E-state index in [4.69, 9.17) is 0 Å². The third-order valence-electron chi connectivity index (χ3n) is 2.05. The van der Waals surface area contributed by atoms with Crippen LogP contribution in [-0.2, 0) is 0 Å². The molecule has 0 aromatic heterocycles. The first-order chi connectivity index (χ1) is 7.93. The van der Waals surface area contributed by atoms with Gasteiger partial charge in [-0.05, 0) is 0 Å². The molecule has 1 rings (SSSR count). The van der Waals surface area contributed by atoms with Crippen LogP contribution in [0, 0.1) is 19.8 Å². The van der Waals surface area contributed by atoms with Crippen LogP contribution in [0.25, 0.3) is 0 Å². The Morgan fingerprint density at radius 2 is 1.88 bits per heavy atom. The molecule has 0 bridgehead atoms. The third kappa shape index (κ3) is 6.58. The Hall–Kier alpha value is -0.870. The molecule has 0 atom stereocenters. The zero-order valence-electron chi connectivity index (χ0n) is 9.62. The molecule has 1 aromatic rings. The van der Waals surface area contributed by atoms with E-state index in [1.165, 1.54) is 19.3 Å². The summed E-state index contributed by atoms with van der Waals surface area (Å²) in [4.78, 5) is 0. The molecule has 0 fully saturated rings. The maximum absolute atomic E-state index is 3.22. The fraction of sp³-hybridized carbons (Fsp3) is 0.333. The van der Waals surface area contributed by atoms with Crippen molar-refractivity contribution < 1.29 is 0 Å². The Balaban J connectivity index is 2.22. The van der Waals surface area contributed by atoms with Gasteiger partial charge in [0.25, 0.3) is 0 Å². The van der Waals surface area contributed by atoms with Gasteiger partial charge in [-0.1, -0.05) is 0 Å². The van der Waals surface area contributed by atoms with E-state index in [1.54, 1.807) is 0 Å². The van der Waals surface area contributed by atoms with E-state index in [2.05, 4.69) is 26.7 Å². The molecule has 0 unspecified atom stereocenters. The van der Waals surface area contributed by atoms with Gasteiger partial charge in [0.05, 0.1) is 0 Å². The third-order valence-corrected chi connectivity index (χ3v) is 3.33. The number of unbranched alkanes of at least 4 members (excludes halogenated alkanes) is 3. The van der Waals surface area contributed by atoms with Crippen LogP contribution in [0.3, 0.4) is 0 Å². The molecule has 16 heavy (non-hydrogen) atoms. The van der Waals surface area contributed by atoms with Crippen molar-refractivity contribution >= 4 is 20.9 Å². The second-order valence-electron chi connectivity index (χ2n) is 3.43. The van der Waals surface area contributed by atoms with E-state index < -0.39 is 20.9 Å². The van der Waals surface area contributed by atoms with Crippen molar-refractivity contribution in [1.29, 1.82) is 0 Å². The van der Waals surface area contributed by atoms with Crippen LogP contribution >= 0.6 is 0 Å². The molecule has 0 radical (unpaired) electrons. The zero-order chi connectivity index (χ0) is 11.5. The SMILES string of the molecule is CCCCCC#C[Te]C#Cc1ccccc1. The van der Waals surface area contributed by atoms with Crippen molar-refractivity contribution in [2.24, 2.45) is 0 Å². The maximum atomic E-state index is 3.22. The quantitative estimate of drug-likeness (QED) is 0.455. The van der Waals surface area contributed by atoms with Crippen LogP contribution in [0.1, 0.15) is 38.2 Å². The Morgan fingerprint density at radius 3 is 2.62 bits per heavy atom. The van der Waals surface area contributed by atoms with Gasteiger partial charge < -0.3 is 0 Å². The second kappa shape index (κ2) is 9.36. The van der Waals surface area contributed by atoms with Crippen molar-refractivity contribution in [2.45, 2.75) is 32.6 Å². The van der Waals surface area contributed by atoms with Crippen LogP contribution in [0.15, 0.2) is 30.3 Å². The van der Waals surface area contributed by atoms with Gasteiger partial charge in [0.1, 0.15) is 0 Å². The molecule has 1 aromatic carbocycles. The van der Waals surface area contributed by atoms with Gasteiger partial charge >= 0.3 is 109 Å². The number of hydrogen-bond donors (Lipinski definition) is 0. The van der Waals surface area contributed by atoms with E-state index in [0.29, 0.717) is 0 Å². The van der Waals surface area contributed by atoms with E-state index in [0.717, 1.165) is 12.0 Å². The molecule has 1 heteroatoms. The monoisotopic (exact) mass is 326 g/mol. The van der Waals surface area contributed by atoms with Crippen LogP contribution in [0.4, 0.5) is 0 Å². The summed E-state index contributed by atoms with van der Waals surface area (Å²) in [6.07, 6.45) is 4.85. The predicted molar refractivity (Wildman–Crippen MR) is 71.0 cm³/mol. The normalized spacial score (nSPS) is 8.56. The molecule has 0 saturated carbocycles. The standard InChI is InChI=1S/C15H16Te/c1-2-3-4-5-9-13-16-14-12-15-10-7-6-8-11-15/h6-8,10-11H,2-5H2,1H3. The molecule has 0 heterocycles. The summed E-state index contributed by atoms with van der Waals surface area (Å²) in [7, 11) is 0. The average Bonchev–Trinajstić information content (AvgIpc) is 2.34. The van der Waals surface area contributed by atoms with Crippen molar-refractivity contribution in [2.75, 3.05) is 0 Å². The van der Waals surface area contributed by atoms with Crippen LogP contribution in [0.2, 0.25) is 0 Å². The van der Waals surface area contributed by atoms with Crippen molar-refractivity contribution in [3.05, 3.63) is 35.9 Å². The predicted octanol–water partition coefficient (Wildman–Crippen LogP) is 3.24. The molecule has 82 valence electrons. The van der Waals surface area contributed by atoms with Gasteiger partial charge in [-0.25, -0.2) is 0 Å². The first kappa shape index (κ1) is 13.2. The topological polar surface area (TPSA) is 0 Å². The van der Waals surface area contributed by atoms with Gasteiger partial charge in [-0.2, -0.15) is 0 Å². The molecule has 0 aliphatic carbocycles. The van der Waals surface area contributed by atoms with Gasteiger partial charge in [0.2, 0.25) is 0 Å². The van der Waals surface area contributed by atoms with E-state index in [-0.39, 0.29) is 0 Å². The molecule has 0 saturated heterocycles. The van der Waals surface area contributed by atoms with Crippen LogP contribution in [-0.4, -0.2) is 20.9 Å². The van der Waals surface area contributed by atoms with Crippen molar-refractivity contribution in [3.8, 4) is 19.8 Å². The molecule has 0 amide bonds. The summed E-state index contributed by atoms with van der Waals surface area (Å²) >= 11 is -0.414. The van der Waals surface area contributed by atoms with Gasteiger partial charge in [0.15, 0.2) is 0 Å². The molecule has 0 N–H and O–H groups in total. The van der Waals surface area contributed by atoms with Gasteiger partial charge in [-0.15, -0.1) is 0 Å². The van der Waals surface area contributed by atoms with Crippen molar-refractivity contribution in [1.82, 2.24) is 0 Å². The first-order valence-corrected chi connectivity index (χ1v) is 7.96. The van der Waals surface area contributed by atoms with E-state index in [1.807, 2.05) is 30.3 Å². The molecule has 0 aliphatic rings. The number of rotatable bonds is 3. The summed E-state index contributed by atoms with van der Waals surface area (Å²) in [5.74, 6) is 6.36. The average molecular weight is 324 g/mol. The summed E-state index contributed by atoms with van der Waals surface area (Å²) in [5, 5.41) is 0.